The van der Waals surface area contributed by atoms with Crippen molar-refractivity contribution >= 4 is 28.2 Å². The summed E-state index contributed by atoms with van der Waals surface area (Å²) in [6.07, 6.45) is 5.05. The highest BCUT2D eigenvalue weighted by atomic mass is 32.1. The van der Waals surface area contributed by atoms with Crippen molar-refractivity contribution < 1.29 is 14.3 Å². The first-order valence-electron chi connectivity index (χ1n) is 7.35. The summed E-state index contributed by atoms with van der Waals surface area (Å²) in [5.41, 5.74) is 7.39. The molecule has 116 valence electrons. The Kier molecular flexibility index (Phi) is 5.36. The number of carbonyl (C=O) groups is 2. The SMILES string of the molecule is CCC(N)CC(=O)Nc1sc2c(c1C(=O)OC)CCCC2. The van der Waals surface area contributed by atoms with E-state index in [1.807, 2.05) is 6.92 Å². The molecule has 1 atom stereocenters. The first-order chi connectivity index (χ1) is 10.1. The molecule has 0 bridgehead atoms. The Morgan fingerprint density at radius 3 is 2.76 bits per heavy atom. The molecule has 0 spiro atoms. The fourth-order valence-electron chi connectivity index (χ4n) is 2.53. The van der Waals surface area contributed by atoms with Crippen molar-refractivity contribution in [3.8, 4) is 0 Å². The second kappa shape index (κ2) is 7.04. The number of ether oxygens (including phenoxy) is 1. The number of rotatable bonds is 5. The predicted octanol–water partition coefficient (Wildman–Crippen LogP) is 2.48. The van der Waals surface area contributed by atoms with Crippen molar-refractivity contribution in [3.63, 3.8) is 0 Å². The van der Waals surface area contributed by atoms with Crippen LogP contribution in [0.2, 0.25) is 0 Å². The minimum absolute atomic E-state index is 0.145. The molecule has 21 heavy (non-hydrogen) atoms. The van der Waals surface area contributed by atoms with E-state index in [1.54, 1.807) is 0 Å². The number of nitrogens with two attached hydrogens (primary N) is 1. The summed E-state index contributed by atoms with van der Waals surface area (Å²) in [7, 11) is 1.37. The van der Waals surface area contributed by atoms with Crippen molar-refractivity contribution in [3.05, 3.63) is 16.0 Å². The largest absolute Gasteiger partial charge is 0.465 e. The number of methoxy groups -OCH3 is 1. The molecule has 0 aliphatic heterocycles. The quantitative estimate of drug-likeness (QED) is 0.819. The highest BCUT2D eigenvalue weighted by Crippen LogP contribution is 2.38. The third-order valence-corrected chi connectivity index (χ3v) is 4.99. The van der Waals surface area contributed by atoms with Gasteiger partial charge in [0.15, 0.2) is 0 Å². The van der Waals surface area contributed by atoms with Gasteiger partial charge in [-0.1, -0.05) is 6.92 Å². The molecule has 0 fully saturated rings. The van der Waals surface area contributed by atoms with E-state index in [0.717, 1.165) is 37.7 Å². The molecule has 0 saturated carbocycles. The lowest BCUT2D eigenvalue weighted by Crippen LogP contribution is -2.26. The standard InChI is InChI=1S/C15H22N2O3S/c1-3-9(16)8-12(18)17-14-13(15(19)20-2)10-6-4-5-7-11(10)21-14/h9H,3-8,16H2,1-2H3,(H,17,18). The number of thiophene rings is 1. The maximum atomic E-state index is 12.0. The summed E-state index contributed by atoms with van der Waals surface area (Å²) < 4.78 is 4.88. The number of esters is 1. The van der Waals surface area contributed by atoms with Crippen LogP contribution in [0.3, 0.4) is 0 Å². The number of amides is 1. The lowest BCUT2D eigenvalue weighted by Gasteiger charge is -2.12. The van der Waals surface area contributed by atoms with Crippen LogP contribution in [0.15, 0.2) is 0 Å². The van der Waals surface area contributed by atoms with Crippen LogP contribution in [-0.4, -0.2) is 25.0 Å². The molecule has 1 aromatic rings. The molecule has 1 unspecified atom stereocenters. The zero-order valence-electron chi connectivity index (χ0n) is 12.5. The van der Waals surface area contributed by atoms with Crippen molar-refractivity contribution in [2.24, 2.45) is 5.73 Å². The van der Waals surface area contributed by atoms with E-state index >= 15 is 0 Å². The van der Waals surface area contributed by atoms with E-state index in [2.05, 4.69) is 5.32 Å². The van der Waals surface area contributed by atoms with Crippen molar-refractivity contribution in [1.29, 1.82) is 0 Å². The molecular formula is C15H22N2O3S. The normalized spacial score (nSPS) is 15.2. The number of hydrogen-bond acceptors (Lipinski definition) is 5. The van der Waals surface area contributed by atoms with Gasteiger partial charge < -0.3 is 15.8 Å². The molecule has 2 rings (SSSR count). The van der Waals surface area contributed by atoms with Crippen LogP contribution in [0, 0.1) is 0 Å². The monoisotopic (exact) mass is 310 g/mol. The number of fused-ring (bicyclic) bond motifs is 1. The Morgan fingerprint density at radius 1 is 1.38 bits per heavy atom. The van der Waals surface area contributed by atoms with Gasteiger partial charge in [0.25, 0.3) is 0 Å². The minimum atomic E-state index is -0.371. The third kappa shape index (κ3) is 3.63. The maximum Gasteiger partial charge on any atom is 0.341 e. The van der Waals surface area contributed by atoms with E-state index in [-0.39, 0.29) is 24.3 Å². The Hall–Kier alpha value is -1.40. The number of nitrogens with one attached hydrogen (secondary N) is 1. The lowest BCUT2D eigenvalue weighted by atomic mass is 9.95. The van der Waals surface area contributed by atoms with Gasteiger partial charge in [-0.2, -0.15) is 0 Å². The Morgan fingerprint density at radius 2 is 2.10 bits per heavy atom. The van der Waals surface area contributed by atoms with Gasteiger partial charge in [0.2, 0.25) is 5.91 Å². The van der Waals surface area contributed by atoms with Crippen LogP contribution < -0.4 is 11.1 Å². The molecule has 0 saturated heterocycles. The van der Waals surface area contributed by atoms with E-state index in [4.69, 9.17) is 10.5 Å². The molecule has 0 aromatic carbocycles. The highest BCUT2D eigenvalue weighted by molar-refractivity contribution is 7.17. The van der Waals surface area contributed by atoms with E-state index in [1.165, 1.54) is 23.3 Å². The van der Waals surface area contributed by atoms with Gasteiger partial charge in [-0.05, 0) is 37.7 Å². The van der Waals surface area contributed by atoms with Gasteiger partial charge in [0, 0.05) is 17.3 Å². The van der Waals surface area contributed by atoms with Crippen LogP contribution >= 0.6 is 11.3 Å². The predicted molar refractivity (Wildman–Crippen MR) is 83.8 cm³/mol. The van der Waals surface area contributed by atoms with Gasteiger partial charge in [-0.15, -0.1) is 11.3 Å². The van der Waals surface area contributed by atoms with E-state index in [9.17, 15) is 9.59 Å². The number of anilines is 1. The number of hydrogen-bond donors (Lipinski definition) is 2. The molecule has 1 amide bonds. The van der Waals surface area contributed by atoms with Gasteiger partial charge >= 0.3 is 5.97 Å². The summed E-state index contributed by atoms with van der Waals surface area (Å²) in [5.74, 6) is -0.516. The van der Waals surface area contributed by atoms with Gasteiger partial charge in [0.1, 0.15) is 5.00 Å². The van der Waals surface area contributed by atoms with Crippen LogP contribution in [-0.2, 0) is 22.4 Å². The second-order valence-electron chi connectivity index (χ2n) is 5.33. The number of aryl methyl sites for hydroxylation is 1. The molecule has 1 aromatic heterocycles. The van der Waals surface area contributed by atoms with Gasteiger partial charge in [-0.25, -0.2) is 4.79 Å². The zero-order chi connectivity index (χ0) is 15.4. The fraction of sp³-hybridized carbons (Fsp3) is 0.600. The van der Waals surface area contributed by atoms with Gasteiger partial charge in [-0.3, -0.25) is 4.79 Å². The summed E-state index contributed by atoms with van der Waals surface area (Å²) in [6, 6.07) is -0.152. The molecule has 5 nitrogen and oxygen atoms in total. The smallest absolute Gasteiger partial charge is 0.341 e. The van der Waals surface area contributed by atoms with E-state index < -0.39 is 0 Å². The first-order valence-corrected chi connectivity index (χ1v) is 8.16. The molecule has 3 N–H and O–H groups in total. The third-order valence-electron chi connectivity index (χ3n) is 3.79. The fourth-order valence-corrected chi connectivity index (χ4v) is 3.83. The summed E-state index contributed by atoms with van der Waals surface area (Å²) in [5, 5.41) is 3.46. The average molecular weight is 310 g/mol. The van der Waals surface area contributed by atoms with Crippen LogP contribution in [0.5, 0.6) is 0 Å². The van der Waals surface area contributed by atoms with Crippen LogP contribution in [0.25, 0.3) is 0 Å². The molecule has 0 radical (unpaired) electrons. The van der Waals surface area contributed by atoms with Crippen molar-refractivity contribution in [1.82, 2.24) is 0 Å². The summed E-state index contributed by atoms with van der Waals surface area (Å²) in [6.45, 7) is 1.95. The lowest BCUT2D eigenvalue weighted by molar-refractivity contribution is -0.116. The van der Waals surface area contributed by atoms with Crippen molar-refractivity contribution in [2.75, 3.05) is 12.4 Å². The summed E-state index contributed by atoms with van der Waals surface area (Å²) in [4.78, 5) is 25.2. The molecule has 6 heteroatoms. The Labute approximate surface area is 128 Å². The first kappa shape index (κ1) is 16.0. The highest BCUT2D eigenvalue weighted by Gasteiger charge is 2.27. The van der Waals surface area contributed by atoms with Crippen LogP contribution in [0.1, 0.15) is 53.4 Å². The van der Waals surface area contributed by atoms with Crippen LogP contribution in [0.4, 0.5) is 5.00 Å². The molecule has 1 aliphatic carbocycles. The summed E-state index contributed by atoms with van der Waals surface area (Å²) >= 11 is 1.50. The van der Waals surface area contributed by atoms with Crippen molar-refractivity contribution in [2.45, 2.75) is 51.5 Å². The molecule has 1 aliphatic rings. The van der Waals surface area contributed by atoms with E-state index in [0.29, 0.717) is 10.6 Å². The number of carbonyl (C=O) groups excluding carboxylic acids is 2. The zero-order valence-corrected chi connectivity index (χ0v) is 13.3. The molecule has 1 heterocycles. The minimum Gasteiger partial charge on any atom is -0.465 e. The maximum absolute atomic E-state index is 12.0. The Bertz CT molecular complexity index is 539. The Balaban J connectivity index is 2.24. The van der Waals surface area contributed by atoms with Gasteiger partial charge in [0.05, 0.1) is 12.7 Å². The molecular weight excluding hydrogens is 288 g/mol. The second-order valence-corrected chi connectivity index (χ2v) is 6.43. The average Bonchev–Trinajstić information content (AvgIpc) is 2.83. The topological polar surface area (TPSA) is 81.4 Å².